The van der Waals surface area contributed by atoms with E-state index in [4.69, 9.17) is 9.47 Å². The van der Waals surface area contributed by atoms with Crippen molar-refractivity contribution in [2.45, 2.75) is 18.6 Å². The molecule has 0 atom stereocenters. The highest BCUT2D eigenvalue weighted by molar-refractivity contribution is 5.95. The number of likely N-dealkylation sites (tertiary alicyclic amines) is 1. The molecule has 0 N–H and O–H groups in total. The third-order valence-corrected chi connectivity index (χ3v) is 4.20. The number of piperidine rings is 1. The topological polar surface area (TPSA) is 125 Å². The van der Waals surface area contributed by atoms with Gasteiger partial charge in [-0.1, -0.05) is 0 Å². The number of carbonyl (C=O) groups excluding carboxylic acids is 1. The number of hydrogen-bond acceptors (Lipinski definition) is 7. The van der Waals surface area contributed by atoms with Crippen LogP contribution in [0.2, 0.25) is 0 Å². The molecule has 128 valence electrons. The van der Waals surface area contributed by atoms with E-state index in [1.807, 2.05) is 0 Å². The summed E-state index contributed by atoms with van der Waals surface area (Å²) in [6, 6.07) is 2.95. The quantitative estimate of drug-likeness (QED) is 0.604. The molecule has 3 rings (SSSR count). The normalized spacial score (nSPS) is 19.4. The van der Waals surface area contributed by atoms with Crippen molar-refractivity contribution in [3.63, 3.8) is 0 Å². The van der Waals surface area contributed by atoms with Crippen LogP contribution in [0.4, 0.5) is 11.4 Å². The summed E-state index contributed by atoms with van der Waals surface area (Å²) in [6.45, 7) is 1.75. The Morgan fingerprint density at radius 1 is 1.00 bits per heavy atom. The molecule has 2 saturated heterocycles. The van der Waals surface area contributed by atoms with E-state index in [0.29, 0.717) is 39.1 Å². The maximum atomic E-state index is 12.6. The van der Waals surface area contributed by atoms with Crippen LogP contribution in [0.1, 0.15) is 23.2 Å². The molecule has 0 radical (unpaired) electrons. The van der Waals surface area contributed by atoms with E-state index in [2.05, 4.69) is 0 Å². The Bertz CT molecular complexity index is 657. The summed E-state index contributed by atoms with van der Waals surface area (Å²) >= 11 is 0. The monoisotopic (exact) mass is 337 g/mol. The third kappa shape index (κ3) is 3.05. The van der Waals surface area contributed by atoms with Crippen LogP contribution in [-0.2, 0) is 9.47 Å². The third-order valence-electron chi connectivity index (χ3n) is 4.20. The molecule has 2 aliphatic heterocycles. The highest BCUT2D eigenvalue weighted by Gasteiger charge is 2.41. The summed E-state index contributed by atoms with van der Waals surface area (Å²) in [5.41, 5.74) is -1.04. The Morgan fingerprint density at radius 2 is 1.50 bits per heavy atom. The second kappa shape index (κ2) is 6.13. The fraction of sp³-hybridized carbons (Fsp3) is 0.500. The fourth-order valence-electron chi connectivity index (χ4n) is 2.95. The minimum Gasteiger partial charge on any atom is -0.347 e. The predicted octanol–water partition coefficient (Wildman–Crippen LogP) is 1.48. The largest absolute Gasteiger partial charge is 0.347 e. The van der Waals surface area contributed by atoms with Gasteiger partial charge in [0.25, 0.3) is 17.3 Å². The molecule has 1 aromatic carbocycles. The standard InChI is InChI=1S/C14H15N3O7/c18-13(15-3-1-14(2-4-15)23-5-6-24-14)10-7-11(16(19)20)9-12(8-10)17(21)22/h7-9H,1-6H2. The van der Waals surface area contributed by atoms with Gasteiger partial charge >= 0.3 is 0 Å². The Kier molecular flexibility index (Phi) is 4.16. The molecule has 2 fully saturated rings. The molecule has 1 aromatic rings. The number of nitro groups is 2. The van der Waals surface area contributed by atoms with Crippen LogP contribution in [-0.4, -0.2) is 52.7 Å². The van der Waals surface area contributed by atoms with Gasteiger partial charge in [0.15, 0.2) is 5.79 Å². The van der Waals surface area contributed by atoms with Gasteiger partial charge in [-0.3, -0.25) is 25.0 Å². The fourth-order valence-corrected chi connectivity index (χ4v) is 2.95. The van der Waals surface area contributed by atoms with E-state index in [1.54, 1.807) is 0 Å². The van der Waals surface area contributed by atoms with Gasteiger partial charge < -0.3 is 14.4 Å². The maximum absolute atomic E-state index is 12.6. The summed E-state index contributed by atoms with van der Waals surface area (Å²) < 4.78 is 11.2. The first-order chi connectivity index (χ1) is 11.4. The van der Waals surface area contributed by atoms with Crippen molar-refractivity contribution in [3.8, 4) is 0 Å². The molecule has 10 heteroatoms. The highest BCUT2D eigenvalue weighted by Crippen LogP contribution is 2.32. The van der Waals surface area contributed by atoms with Crippen molar-refractivity contribution < 1.29 is 24.1 Å². The zero-order valence-corrected chi connectivity index (χ0v) is 12.7. The number of rotatable bonds is 3. The van der Waals surface area contributed by atoms with E-state index in [0.717, 1.165) is 18.2 Å². The van der Waals surface area contributed by atoms with Crippen molar-refractivity contribution in [2.24, 2.45) is 0 Å². The smallest absolute Gasteiger partial charge is 0.277 e. The summed E-state index contributed by atoms with van der Waals surface area (Å²) in [7, 11) is 0. The van der Waals surface area contributed by atoms with Crippen molar-refractivity contribution in [3.05, 3.63) is 44.0 Å². The van der Waals surface area contributed by atoms with Gasteiger partial charge in [0.1, 0.15) is 0 Å². The lowest BCUT2D eigenvalue weighted by Crippen LogP contribution is -2.47. The zero-order valence-electron chi connectivity index (χ0n) is 12.7. The Hall–Kier alpha value is -2.59. The van der Waals surface area contributed by atoms with Crippen molar-refractivity contribution >= 4 is 17.3 Å². The van der Waals surface area contributed by atoms with Gasteiger partial charge in [-0.15, -0.1) is 0 Å². The van der Waals surface area contributed by atoms with Crippen LogP contribution >= 0.6 is 0 Å². The van der Waals surface area contributed by atoms with Gasteiger partial charge in [0.2, 0.25) is 0 Å². The van der Waals surface area contributed by atoms with Gasteiger partial charge in [0, 0.05) is 38.1 Å². The first-order valence-corrected chi connectivity index (χ1v) is 7.41. The molecule has 0 unspecified atom stereocenters. The SMILES string of the molecule is O=C(c1cc([N+](=O)[O-])cc([N+](=O)[O-])c1)N1CCC2(CC1)OCCO2. The molecule has 2 aliphatic rings. The molecule has 0 aromatic heterocycles. The number of benzene rings is 1. The molecule has 10 nitrogen and oxygen atoms in total. The second-order valence-electron chi connectivity index (χ2n) is 5.65. The van der Waals surface area contributed by atoms with Crippen molar-refractivity contribution in [2.75, 3.05) is 26.3 Å². The molecule has 0 aliphatic carbocycles. The molecule has 24 heavy (non-hydrogen) atoms. The van der Waals surface area contributed by atoms with Crippen molar-refractivity contribution in [1.29, 1.82) is 0 Å². The first-order valence-electron chi connectivity index (χ1n) is 7.41. The Balaban J connectivity index is 1.79. The van der Waals surface area contributed by atoms with E-state index in [1.165, 1.54) is 4.90 Å². The molecule has 2 heterocycles. The summed E-state index contributed by atoms with van der Waals surface area (Å²) in [5.74, 6) is -1.12. The molecular weight excluding hydrogens is 322 g/mol. The summed E-state index contributed by atoms with van der Waals surface area (Å²) in [4.78, 5) is 34.4. The number of ether oxygens (including phenoxy) is 2. The number of non-ortho nitro benzene ring substituents is 2. The van der Waals surface area contributed by atoms with E-state index < -0.39 is 32.9 Å². The number of carbonyl (C=O) groups is 1. The lowest BCUT2D eigenvalue weighted by atomic mass is 10.0. The minimum absolute atomic E-state index is 0.0693. The van der Waals surface area contributed by atoms with Crippen LogP contribution in [0, 0.1) is 20.2 Å². The molecule has 1 spiro atoms. The van der Waals surface area contributed by atoms with Gasteiger partial charge in [0.05, 0.1) is 34.7 Å². The summed E-state index contributed by atoms with van der Waals surface area (Å²) in [5, 5.41) is 21.8. The van der Waals surface area contributed by atoms with Crippen LogP contribution in [0.15, 0.2) is 18.2 Å². The van der Waals surface area contributed by atoms with Gasteiger partial charge in [-0.25, -0.2) is 0 Å². The number of amides is 1. The van der Waals surface area contributed by atoms with Crippen LogP contribution in [0.25, 0.3) is 0 Å². The molecule has 0 bridgehead atoms. The minimum atomic E-state index is -0.755. The van der Waals surface area contributed by atoms with Gasteiger partial charge in [-0.2, -0.15) is 0 Å². The van der Waals surface area contributed by atoms with Gasteiger partial charge in [-0.05, 0) is 0 Å². The molecule has 0 saturated carbocycles. The van der Waals surface area contributed by atoms with E-state index >= 15 is 0 Å². The molecular formula is C14H15N3O7. The first kappa shape index (κ1) is 16.3. The van der Waals surface area contributed by atoms with Crippen LogP contribution in [0.3, 0.4) is 0 Å². The second-order valence-corrected chi connectivity index (χ2v) is 5.65. The molecule has 1 amide bonds. The highest BCUT2D eigenvalue weighted by atomic mass is 16.7. The number of hydrogen-bond donors (Lipinski definition) is 0. The zero-order chi connectivity index (χ0) is 17.3. The van der Waals surface area contributed by atoms with Crippen LogP contribution in [0.5, 0.6) is 0 Å². The number of nitro benzene ring substituents is 2. The Morgan fingerprint density at radius 3 is 1.96 bits per heavy atom. The van der Waals surface area contributed by atoms with E-state index in [-0.39, 0.29) is 5.56 Å². The average molecular weight is 337 g/mol. The number of nitrogens with zero attached hydrogens (tertiary/aromatic N) is 3. The Labute approximate surface area is 136 Å². The lowest BCUT2D eigenvalue weighted by Gasteiger charge is -2.37. The average Bonchev–Trinajstić information content (AvgIpc) is 3.02. The lowest BCUT2D eigenvalue weighted by molar-refractivity contribution is -0.394. The maximum Gasteiger partial charge on any atom is 0.277 e. The predicted molar refractivity (Wildman–Crippen MR) is 79.5 cm³/mol. The van der Waals surface area contributed by atoms with Crippen molar-refractivity contribution in [1.82, 2.24) is 4.90 Å². The van der Waals surface area contributed by atoms with Crippen LogP contribution < -0.4 is 0 Å². The van der Waals surface area contributed by atoms with E-state index in [9.17, 15) is 25.0 Å². The summed E-state index contributed by atoms with van der Waals surface area (Å²) in [6.07, 6.45) is 0.992.